The monoisotopic (exact) mass is 430 g/mol. The van der Waals surface area contributed by atoms with E-state index >= 15 is 0 Å². The standard InChI is InChI=1S/C15H12F5IO/c1-2-5-22-15(8-3-4-12(21)9(16)6-8)13(19)10(17)7-11(18)14(15)20/h3-4,6-7,13H,2,5H2,1H3. The van der Waals surface area contributed by atoms with E-state index in [9.17, 15) is 22.0 Å². The molecule has 0 bridgehead atoms. The summed E-state index contributed by atoms with van der Waals surface area (Å²) in [6.45, 7) is 1.52. The van der Waals surface area contributed by atoms with E-state index in [1.807, 2.05) is 0 Å². The van der Waals surface area contributed by atoms with Crippen LogP contribution in [0.25, 0.3) is 0 Å². The highest BCUT2D eigenvalue weighted by Gasteiger charge is 2.53. The van der Waals surface area contributed by atoms with Crippen molar-refractivity contribution in [3.8, 4) is 0 Å². The summed E-state index contributed by atoms with van der Waals surface area (Å²) < 4.78 is 75.2. The van der Waals surface area contributed by atoms with Gasteiger partial charge in [0.2, 0.25) is 0 Å². The lowest BCUT2D eigenvalue weighted by atomic mass is 9.83. The first-order valence-corrected chi connectivity index (χ1v) is 7.58. The Morgan fingerprint density at radius 1 is 1.23 bits per heavy atom. The molecule has 2 atom stereocenters. The molecule has 1 aromatic rings. The van der Waals surface area contributed by atoms with Crippen LogP contribution in [0.1, 0.15) is 18.9 Å². The highest BCUT2D eigenvalue weighted by Crippen LogP contribution is 2.47. The van der Waals surface area contributed by atoms with Gasteiger partial charge in [0.1, 0.15) is 11.6 Å². The van der Waals surface area contributed by atoms with Crippen molar-refractivity contribution < 1.29 is 26.7 Å². The molecule has 1 nitrogen and oxygen atoms in total. The fourth-order valence-corrected chi connectivity index (χ4v) is 2.56. The van der Waals surface area contributed by atoms with Gasteiger partial charge in [-0.2, -0.15) is 0 Å². The van der Waals surface area contributed by atoms with Gasteiger partial charge in [-0.15, -0.1) is 0 Å². The van der Waals surface area contributed by atoms with E-state index in [2.05, 4.69) is 0 Å². The largest absolute Gasteiger partial charge is 0.359 e. The summed E-state index contributed by atoms with van der Waals surface area (Å²) in [7, 11) is 0. The molecule has 0 saturated heterocycles. The van der Waals surface area contributed by atoms with E-state index in [0.29, 0.717) is 6.42 Å². The van der Waals surface area contributed by atoms with Gasteiger partial charge >= 0.3 is 0 Å². The number of benzene rings is 1. The van der Waals surface area contributed by atoms with Crippen LogP contribution >= 0.6 is 22.6 Å². The summed E-state index contributed by atoms with van der Waals surface area (Å²) >= 11 is 1.69. The fraction of sp³-hybridized carbons (Fsp3) is 0.333. The maximum absolute atomic E-state index is 14.4. The lowest BCUT2D eigenvalue weighted by molar-refractivity contribution is -0.0876. The molecule has 7 heteroatoms. The predicted octanol–water partition coefficient (Wildman–Crippen LogP) is 5.41. The molecule has 0 radical (unpaired) electrons. The lowest BCUT2D eigenvalue weighted by Gasteiger charge is -2.37. The van der Waals surface area contributed by atoms with Gasteiger partial charge in [0.05, 0.1) is 0 Å². The Kier molecular flexibility index (Phi) is 5.26. The molecule has 0 saturated carbocycles. The van der Waals surface area contributed by atoms with Crippen LogP contribution in [0.15, 0.2) is 41.8 Å². The number of ether oxygens (including phenoxy) is 1. The van der Waals surface area contributed by atoms with Crippen molar-refractivity contribution >= 4 is 22.6 Å². The molecule has 1 aliphatic carbocycles. The minimum atomic E-state index is -2.65. The third-order valence-electron chi connectivity index (χ3n) is 3.28. The third kappa shape index (κ3) is 2.80. The van der Waals surface area contributed by atoms with Crippen molar-refractivity contribution in [1.29, 1.82) is 0 Å². The first-order chi connectivity index (χ1) is 10.3. The molecule has 0 heterocycles. The second kappa shape index (κ2) is 6.66. The SMILES string of the molecule is CCCOC1(c2ccc(I)c(F)c2)C(F)=C(F)C=C(F)C1F. The van der Waals surface area contributed by atoms with Gasteiger partial charge in [-0.3, -0.25) is 0 Å². The summed E-state index contributed by atoms with van der Waals surface area (Å²) in [5.41, 5.74) is -2.97. The average molecular weight is 430 g/mol. The maximum Gasteiger partial charge on any atom is 0.191 e. The van der Waals surface area contributed by atoms with Crippen LogP contribution in [0.5, 0.6) is 0 Å². The van der Waals surface area contributed by atoms with Crippen molar-refractivity contribution in [2.24, 2.45) is 0 Å². The zero-order chi connectivity index (χ0) is 16.5. The summed E-state index contributed by atoms with van der Waals surface area (Å²) in [5.74, 6) is -5.43. The Morgan fingerprint density at radius 2 is 1.91 bits per heavy atom. The molecule has 2 rings (SSSR count). The van der Waals surface area contributed by atoms with Crippen molar-refractivity contribution in [2.75, 3.05) is 6.61 Å². The molecule has 0 spiro atoms. The number of rotatable bonds is 4. The van der Waals surface area contributed by atoms with E-state index in [1.165, 1.54) is 12.1 Å². The van der Waals surface area contributed by atoms with Crippen molar-refractivity contribution in [3.63, 3.8) is 0 Å². The van der Waals surface area contributed by atoms with Crippen molar-refractivity contribution in [3.05, 3.63) is 56.7 Å². The van der Waals surface area contributed by atoms with Crippen LogP contribution in [-0.4, -0.2) is 12.8 Å². The first-order valence-electron chi connectivity index (χ1n) is 6.51. The molecule has 22 heavy (non-hydrogen) atoms. The fourth-order valence-electron chi connectivity index (χ4n) is 2.22. The van der Waals surface area contributed by atoms with Crippen LogP contribution < -0.4 is 0 Å². The van der Waals surface area contributed by atoms with Crippen LogP contribution in [0.3, 0.4) is 0 Å². The summed E-state index contributed by atoms with van der Waals surface area (Å²) in [6, 6.07) is 3.28. The second-order valence-corrected chi connectivity index (χ2v) is 5.93. The quantitative estimate of drug-likeness (QED) is 0.459. The van der Waals surface area contributed by atoms with E-state index in [0.717, 1.165) is 6.07 Å². The van der Waals surface area contributed by atoms with Crippen LogP contribution in [0, 0.1) is 9.39 Å². The minimum Gasteiger partial charge on any atom is -0.359 e. The van der Waals surface area contributed by atoms with Gasteiger partial charge in [-0.1, -0.05) is 13.0 Å². The maximum atomic E-state index is 14.4. The first kappa shape index (κ1) is 17.4. The van der Waals surface area contributed by atoms with Crippen LogP contribution in [0.2, 0.25) is 0 Å². The number of halogens is 6. The second-order valence-electron chi connectivity index (χ2n) is 4.77. The summed E-state index contributed by atoms with van der Waals surface area (Å²) in [6.07, 6.45) is -2.10. The molecule has 0 aliphatic heterocycles. The van der Waals surface area contributed by atoms with Gasteiger partial charge in [-0.05, 0) is 46.7 Å². The summed E-state index contributed by atoms with van der Waals surface area (Å²) in [5, 5.41) is 0. The zero-order valence-corrected chi connectivity index (χ0v) is 13.6. The number of hydrogen-bond acceptors (Lipinski definition) is 1. The van der Waals surface area contributed by atoms with Crippen LogP contribution in [0.4, 0.5) is 22.0 Å². The van der Waals surface area contributed by atoms with E-state index in [1.54, 1.807) is 29.5 Å². The average Bonchev–Trinajstić information content (AvgIpc) is 2.49. The Bertz CT molecular complexity index is 643. The topological polar surface area (TPSA) is 9.23 Å². The molecule has 0 aromatic heterocycles. The molecular formula is C15H12F5IO. The van der Waals surface area contributed by atoms with Gasteiger partial charge in [-0.25, -0.2) is 22.0 Å². The summed E-state index contributed by atoms with van der Waals surface area (Å²) in [4.78, 5) is 0. The van der Waals surface area contributed by atoms with Gasteiger partial charge in [0, 0.05) is 16.3 Å². The molecular weight excluding hydrogens is 418 g/mol. The number of hydrogen-bond donors (Lipinski definition) is 0. The predicted molar refractivity (Wildman–Crippen MR) is 80.4 cm³/mol. The molecule has 1 aromatic carbocycles. The Balaban J connectivity index is 2.67. The van der Waals surface area contributed by atoms with Gasteiger partial charge < -0.3 is 4.74 Å². The molecule has 0 fully saturated rings. The normalized spacial score (nSPS) is 25.4. The minimum absolute atomic E-state index is 0.136. The van der Waals surface area contributed by atoms with Crippen molar-refractivity contribution in [2.45, 2.75) is 25.1 Å². The van der Waals surface area contributed by atoms with E-state index in [-0.39, 0.29) is 21.8 Å². The van der Waals surface area contributed by atoms with Gasteiger partial charge in [0.15, 0.2) is 23.4 Å². The highest BCUT2D eigenvalue weighted by molar-refractivity contribution is 14.1. The van der Waals surface area contributed by atoms with E-state index in [4.69, 9.17) is 4.74 Å². The van der Waals surface area contributed by atoms with Crippen LogP contribution in [-0.2, 0) is 10.3 Å². The van der Waals surface area contributed by atoms with Gasteiger partial charge in [0.25, 0.3) is 0 Å². The third-order valence-corrected chi connectivity index (χ3v) is 4.16. The van der Waals surface area contributed by atoms with Crippen molar-refractivity contribution in [1.82, 2.24) is 0 Å². The molecule has 2 unspecified atom stereocenters. The highest BCUT2D eigenvalue weighted by atomic mass is 127. The Hall–Kier alpha value is -0.960. The number of alkyl halides is 1. The smallest absolute Gasteiger partial charge is 0.191 e. The Labute approximate surface area is 138 Å². The Morgan fingerprint density at radius 3 is 2.50 bits per heavy atom. The molecule has 0 amide bonds. The zero-order valence-electron chi connectivity index (χ0n) is 11.5. The lowest BCUT2D eigenvalue weighted by Crippen LogP contribution is -2.43. The molecule has 120 valence electrons. The molecule has 0 N–H and O–H groups in total. The van der Waals surface area contributed by atoms with E-state index < -0.39 is 35.1 Å². The molecule has 1 aliphatic rings. The number of allylic oxidation sites excluding steroid dienone is 2.